The molecule has 0 unspecified atom stereocenters. The molecular weight excluding hydrogens is 227 g/mol. The topological polar surface area (TPSA) is 0 Å². The van der Waals surface area contributed by atoms with Crippen molar-refractivity contribution in [1.82, 2.24) is 0 Å². The molecule has 1 aromatic carbocycles. The molecule has 0 N–H and O–H groups in total. The third-order valence-electron chi connectivity index (χ3n) is 1.94. The molecule has 0 aliphatic carbocycles. The van der Waals surface area contributed by atoms with Crippen LogP contribution in [0.5, 0.6) is 0 Å². The minimum absolute atomic E-state index is 1.28. The van der Waals surface area contributed by atoms with Crippen LogP contribution in [0.4, 0.5) is 0 Å². The van der Waals surface area contributed by atoms with Crippen LogP contribution >= 0.6 is 0 Å². The van der Waals surface area contributed by atoms with Gasteiger partial charge in [0.2, 0.25) is 0 Å². The van der Waals surface area contributed by atoms with Gasteiger partial charge in [0.25, 0.3) is 0 Å². The molecule has 1 aromatic rings. The maximum atomic E-state index is 2.23. The van der Waals surface area contributed by atoms with Crippen molar-refractivity contribution in [3.05, 3.63) is 34.9 Å². The first kappa shape index (κ1) is 8.12. The standard InChI is InChI=1S/C9H11.Sn.H/c1-7-5-4-6-8(2)9(7)3;;/h4-6H,1H2,2-3H3;;. The van der Waals surface area contributed by atoms with Gasteiger partial charge in [-0.05, 0) is 0 Å². The predicted octanol–water partition coefficient (Wildman–Crippen LogP) is 1.70. The molecule has 0 saturated heterocycles. The zero-order valence-corrected chi connectivity index (χ0v) is 9.81. The van der Waals surface area contributed by atoms with Crippen LogP contribution in [-0.2, 0) is 4.44 Å². The van der Waals surface area contributed by atoms with Crippen LogP contribution in [0.2, 0.25) is 0 Å². The second-order valence-electron chi connectivity index (χ2n) is 2.56. The maximum absolute atomic E-state index is 2.23. The molecule has 0 spiro atoms. The Morgan fingerprint density at radius 2 is 2.00 bits per heavy atom. The van der Waals surface area contributed by atoms with Crippen molar-refractivity contribution >= 4 is 22.5 Å². The number of hydrogen-bond donors (Lipinski definition) is 0. The fourth-order valence-electron chi connectivity index (χ4n) is 1.03. The quantitative estimate of drug-likeness (QED) is 0.654. The van der Waals surface area contributed by atoms with E-state index in [9.17, 15) is 0 Å². The Hall–Kier alpha value is 0.0187. The molecule has 0 fully saturated rings. The monoisotopic (exact) mass is 240 g/mol. The summed E-state index contributed by atoms with van der Waals surface area (Å²) in [5.74, 6) is 0. The summed E-state index contributed by atoms with van der Waals surface area (Å²) < 4.78 is 1.28. The molecule has 0 amide bonds. The average Bonchev–Trinajstić information content (AvgIpc) is 1.95. The van der Waals surface area contributed by atoms with Crippen molar-refractivity contribution in [3.63, 3.8) is 0 Å². The van der Waals surface area contributed by atoms with Crippen molar-refractivity contribution in [2.24, 2.45) is 0 Å². The van der Waals surface area contributed by atoms with Gasteiger partial charge in [-0.15, -0.1) is 0 Å². The molecule has 0 bridgehead atoms. The molecule has 1 heteroatoms. The zero-order valence-electron chi connectivity index (χ0n) is 6.52. The van der Waals surface area contributed by atoms with Crippen molar-refractivity contribution in [1.29, 1.82) is 0 Å². The van der Waals surface area contributed by atoms with E-state index >= 15 is 0 Å². The van der Waals surface area contributed by atoms with Crippen LogP contribution in [0.15, 0.2) is 18.2 Å². The number of aryl methyl sites for hydroxylation is 1. The molecule has 0 heterocycles. The summed E-state index contributed by atoms with van der Waals surface area (Å²) in [5, 5.41) is 0. The molecule has 0 nitrogen and oxygen atoms in total. The van der Waals surface area contributed by atoms with E-state index in [4.69, 9.17) is 0 Å². The van der Waals surface area contributed by atoms with E-state index in [1.54, 1.807) is 0 Å². The van der Waals surface area contributed by atoms with Crippen molar-refractivity contribution < 1.29 is 0 Å². The summed E-state index contributed by atoms with van der Waals surface area (Å²) in [6, 6.07) is 6.55. The Bertz CT molecular complexity index is 228. The molecule has 1 rings (SSSR count). The van der Waals surface area contributed by atoms with Gasteiger partial charge in [-0.3, -0.25) is 0 Å². The Morgan fingerprint density at radius 1 is 1.30 bits per heavy atom. The third kappa shape index (κ3) is 1.54. The Labute approximate surface area is 75.7 Å². The summed E-state index contributed by atoms with van der Waals surface area (Å²) in [4.78, 5) is 0. The van der Waals surface area contributed by atoms with Gasteiger partial charge in [0.15, 0.2) is 0 Å². The van der Waals surface area contributed by atoms with E-state index in [-0.39, 0.29) is 0 Å². The van der Waals surface area contributed by atoms with Crippen LogP contribution < -0.4 is 0 Å². The fraction of sp³-hybridized carbons (Fsp3) is 0.333. The predicted molar refractivity (Wildman–Crippen MR) is 46.8 cm³/mol. The summed E-state index contributed by atoms with van der Waals surface area (Å²) >= 11 is 1.33. The third-order valence-corrected chi connectivity index (χ3v) is 3.19. The summed E-state index contributed by atoms with van der Waals surface area (Å²) in [6.07, 6.45) is 0. The SMILES string of the molecule is Cc1cccc([CH2][SnH])c1C. The van der Waals surface area contributed by atoms with Gasteiger partial charge in [0.1, 0.15) is 0 Å². The summed E-state index contributed by atoms with van der Waals surface area (Å²) in [7, 11) is 0. The summed E-state index contributed by atoms with van der Waals surface area (Å²) in [6.45, 7) is 4.39. The number of hydrogen-bond acceptors (Lipinski definition) is 0. The van der Waals surface area contributed by atoms with E-state index in [2.05, 4.69) is 32.0 Å². The molecule has 0 saturated carbocycles. The number of benzene rings is 1. The average molecular weight is 239 g/mol. The molecule has 0 aromatic heterocycles. The van der Waals surface area contributed by atoms with Crippen molar-refractivity contribution in [2.45, 2.75) is 18.3 Å². The van der Waals surface area contributed by atoms with Crippen LogP contribution in [0, 0.1) is 13.8 Å². The van der Waals surface area contributed by atoms with Crippen molar-refractivity contribution in [2.75, 3.05) is 0 Å². The molecular formula is C9H12Sn. The molecule has 10 heavy (non-hydrogen) atoms. The van der Waals surface area contributed by atoms with E-state index in [0.29, 0.717) is 0 Å². The minimum atomic E-state index is 1.28. The first-order chi connectivity index (χ1) is 4.75. The normalized spacial score (nSPS) is 9.90. The first-order valence-electron chi connectivity index (χ1n) is 3.51. The van der Waals surface area contributed by atoms with Gasteiger partial charge in [-0.25, -0.2) is 0 Å². The van der Waals surface area contributed by atoms with Gasteiger partial charge in [0, 0.05) is 0 Å². The second-order valence-corrected chi connectivity index (χ2v) is 3.73. The summed E-state index contributed by atoms with van der Waals surface area (Å²) in [5.41, 5.74) is 4.43. The molecule has 0 aliphatic rings. The zero-order chi connectivity index (χ0) is 7.56. The first-order valence-corrected chi connectivity index (χ1v) is 5.84. The van der Waals surface area contributed by atoms with Gasteiger partial charge in [-0.1, -0.05) is 0 Å². The molecule has 2 radical (unpaired) electrons. The van der Waals surface area contributed by atoms with Crippen LogP contribution in [0.25, 0.3) is 0 Å². The van der Waals surface area contributed by atoms with Crippen LogP contribution in [0.3, 0.4) is 0 Å². The van der Waals surface area contributed by atoms with Crippen molar-refractivity contribution in [3.8, 4) is 0 Å². The van der Waals surface area contributed by atoms with E-state index in [0.717, 1.165) is 0 Å². The van der Waals surface area contributed by atoms with Gasteiger partial charge in [0.05, 0.1) is 0 Å². The Balaban J connectivity index is 3.14. The van der Waals surface area contributed by atoms with Crippen LogP contribution in [0.1, 0.15) is 16.7 Å². The van der Waals surface area contributed by atoms with Gasteiger partial charge < -0.3 is 0 Å². The van der Waals surface area contributed by atoms with E-state index in [1.165, 1.54) is 43.7 Å². The Kier molecular flexibility index (Phi) is 2.78. The number of rotatable bonds is 1. The molecule has 0 atom stereocenters. The van der Waals surface area contributed by atoms with Gasteiger partial charge in [-0.2, -0.15) is 0 Å². The van der Waals surface area contributed by atoms with E-state index < -0.39 is 0 Å². The molecule has 52 valence electrons. The fourth-order valence-corrected chi connectivity index (χ4v) is 2.30. The van der Waals surface area contributed by atoms with E-state index in [1.807, 2.05) is 0 Å². The van der Waals surface area contributed by atoms with Gasteiger partial charge >= 0.3 is 75.7 Å². The Morgan fingerprint density at radius 3 is 2.50 bits per heavy atom. The molecule has 0 aliphatic heterocycles. The van der Waals surface area contributed by atoms with Crippen LogP contribution in [-0.4, -0.2) is 22.5 Å². The second kappa shape index (κ2) is 3.42.